The van der Waals surface area contributed by atoms with E-state index < -0.39 is 40.3 Å². The van der Waals surface area contributed by atoms with E-state index in [1.807, 2.05) is 0 Å². The van der Waals surface area contributed by atoms with Crippen LogP contribution in [-0.4, -0.2) is 28.5 Å². The van der Waals surface area contributed by atoms with Crippen molar-refractivity contribution in [1.82, 2.24) is 10.3 Å². The fraction of sp³-hybridized carbons (Fsp3) is 0.136. The van der Waals surface area contributed by atoms with E-state index in [1.165, 1.54) is 0 Å². The third kappa shape index (κ3) is 5.35. The first kappa shape index (κ1) is 22.6. The average molecular weight is 537 g/mol. The van der Waals surface area contributed by atoms with Crippen LogP contribution in [0.15, 0.2) is 48.7 Å². The van der Waals surface area contributed by atoms with Crippen LogP contribution in [0.4, 0.5) is 20.2 Å². The van der Waals surface area contributed by atoms with Crippen molar-refractivity contribution in [2.45, 2.75) is 13.3 Å². The molecule has 0 aliphatic carbocycles. The maximum atomic E-state index is 14.8. The molecule has 0 saturated heterocycles. The van der Waals surface area contributed by atoms with Gasteiger partial charge in [0.15, 0.2) is 11.6 Å². The maximum Gasteiger partial charge on any atom is 0.337 e. The second-order valence-corrected chi connectivity index (χ2v) is 7.94. The zero-order chi connectivity index (χ0) is 22.5. The number of nitrogens with one attached hydrogen (secondary N) is 2. The first-order valence-corrected chi connectivity index (χ1v) is 10.3. The summed E-state index contributed by atoms with van der Waals surface area (Å²) in [6.07, 6.45) is 1.99. The normalized spacial score (nSPS) is 10.6. The van der Waals surface area contributed by atoms with E-state index in [2.05, 4.69) is 38.2 Å². The van der Waals surface area contributed by atoms with E-state index >= 15 is 0 Å². The number of hydrogen-bond acceptors (Lipinski definition) is 4. The molecular weight excluding hydrogens is 519 g/mol. The summed E-state index contributed by atoms with van der Waals surface area (Å²) in [5.74, 6) is -5.27. The topological polar surface area (TPSA) is 91.3 Å². The molecule has 160 valence electrons. The van der Waals surface area contributed by atoms with Crippen molar-refractivity contribution in [2.75, 3.05) is 11.9 Å². The Bertz CT molecular complexity index is 1140. The number of benzene rings is 2. The van der Waals surface area contributed by atoms with Crippen LogP contribution in [0.5, 0.6) is 0 Å². The van der Waals surface area contributed by atoms with Crippen LogP contribution < -0.4 is 10.6 Å². The lowest BCUT2D eigenvalue weighted by atomic mass is 10.0. The van der Waals surface area contributed by atoms with Gasteiger partial charge < -0.3 is 15.7 Å². The molecular formula is C22H18F2IN3O3. The van der Waals surface area contributed by atoms with Gasteiger partial charge in [-0.3, -0.25) is 9.78 Å². The van der Waals surface area contributed by atoms with E-state index in [1.54, 1.807) is 49.5 Å². The molecule has 0 saturated carbocycles. The monoisotopic (exact) mass is 537 g/mol. The highest BCUT2D eigenvalue weighted by Crippen LogP contribution is 2.30. The number of anilines is 2. The van der Waals surface area contributed by atoms with Gasteiger partial charge >= 0.3 is 5.97 Å². The largest absolute Gasteiger partial charge is 0.478 e. The average Bonchev–Trinajstić information content (AvgIpc) is 2.73. The van der Waals surface area contributed by atoms with Crippen LogP contribution in [0.2, 0.25) is 0 Å². The molecule has 1 amide bonds. The molecule has 2 aromatic carbocycles. The fourth-order valence-electron chi connectivity index (χ4n) is 2.93. The molecule has 0 aliphatic rings. The van der Waals surface area contributed by atoms with Crippen molar-refractivity contribution in [3.63, 3.8) is 0 Å². The molecule has 6 nitrogen and oxygen atoms in total. The first-order valence-electron chi connectivity index (χ1n) is 9.24. The van der Waals surface area contributed by atoms with Crippen molar-refractivity contribution in [3.8, 4) is 0 Å². The summed E-state index contributed by atoms with van der Waals surface area (Å²) in [7, 11) is 0. The van der Waals surface area contributed by atoms with Gasteiger partial charge in [-0.05, 0) is 71.5 Å². The number of rotatable bonds is 7. The number of aryl methyl sites for hydroxylation is 1. The summed E-state index contributed by atoms with van der Waals surface area (Å²) in [6.45, 7) is 1.88. The quantitative estimate of drug-likeness (QED) is 0.381. The number of nitrogens with zero attached hydrogens (tertiary/aromatic N) is 1. The molecule has 0 bridgehead atoms. The van der Waals surface area contributed by atoms with Gasteiger partial charge in [-0.1, -0.05) is 6.07 Å². The van der Waals surface area contributed by atoms with E-state index in [4.69, 9.17) is 0 Å². The number of amides is 1. The SMILES string of the molecule is Cc1cc(I)ccc1Nc1c(C(=O)O)cc(C(=O)NCCc2ccccn2)c(F)c1F. The first-order chi connectivity index (χ1) is 14.8. The Balaban J connectivity index is 1.87. The van der Waals surface area contributed by atoms with Crippen molar-refractivity contribution in [3.05, 3.63) is 86.3 Å². The lowest BCUT2D eigenvalue weighted by Crippen LogP contribution is -2.27. The molecule has 1 heterocycles. The molecule has 3 rings (SSSR count). The number of halogens is 3. The molecule has 0 spiro atoms. The van der Waals surface area contributed by atoms with Crippen LogP contribution in [0.1, 0.15) is 32.0 Å². The molecule has 0 radical (unpaired) electrons. The molecule has 3 N–H and O–H groups in total. The van der Waals surface area contributed by atoms with Gasteiger partial charge in [-0.15, -0.1) is 0 Å². The van der Waals surface area contributed by atoms with Crippen molar-refractivity contribution < 1.29 is 23.5 Å². The number of carbonyl (C=O) groups excluding carboxylic acids is 1. The van der Waals surface area contributed by atoms with Gasteiger partial charge in [0.25, 0.3) is 5.91 Å². The predicted molar refractivity (Wildman–Crippen MR) is 121 cm³/mol. The number of carboxylic acids is 1. The van der Waals surface area contributed by atoms with Crippen LogP contribution in [0.25, 0.3) is 0 Å². The summed E-state index contributed by atoms with van der Waals surface area (Å²) >= 11 is 2.10. The minimum atomic E-state index is -1.49. The Morgan fingerprint density at radius 2 is 1.87 bits per heavy atom. The summed E-state index contributed by atoms with van der Waals surface area (Å²) < 4.78 is 30.5. The van der Waals surface area contributed by atoms with Crippen molar-refractivity contribution in [1.29, 1.82) is 0 Å². The second kappa shape index (κ2) is 9.82. The summed E-state index contributed by atoms with van der Waals surface area (Å²) in [5.41, 5.74) is 0.0909. The number of hydrogen-bond donors (Lipinski definition) is 3. The molecule has 9 heteroatoms. The van der Waals surface area contributed by atoms with Crippen LogP contribution in [0.3, 0.4) is 0 Å². The standard InChI is InChI=1S/C22H18F2IN3O3/c1-12-10-13(25)5-6-17(12)28-20-16(22(30)31)11-15(18(23)19(20)24)21(29)27-9-7-14-4-2-3-8-26-14/h2-6,8,10-11,28H,7,9H2,1H3,(H,27,29)(H,30,31). The Hall–Kier alpha value is -3.08. The minimum absolute atomic E-state index is 0.126. The van der Waals surface area contributed by atoms with Crippen LogP contribution in [-0.2, 0) is 6.42 Å². The van der Waals surface area contributed by atoms with E-state index in [9.17, 15) is 23.5 Å². The van der Waals surface area contributed by atoms with Gasteiger partial charge in [-0.25, -0.2) is 13.6 Å². The van der Waals surface area contributed by atoms with E-state index in [-0.39, 0.29) is 6.54 Å². The Morgan fingerprint density at radius 3 is 2.52 bits per heavy atom. The second-order valence-electron chi connectivity index (χ2n) is 6.69. The third-order valence-corrected chi connectivity index (χ3v) is 5.19. The highest BCUT2D eigenvalue weighted by Gasteiger charge is 2.26. The van der Waals surface area contributed by atoms with Gasteiger partial charge in [0.05, 0.1) is 16.8 Å². The number of carboxylic acid groups (broad SMARTS) is 1. The molecule has 0 atom stereocenters. The van der Waals surface area contributed by atoms with Gasteiger partial charge in [0.1, 0.15) is 0 Å². The number of carbonyl (C=O) groups is 2. The van der Waals surface area contributed by atoms with Gasteiger partial charge in [0.2, 0.25) is 0 Å². The number of aromatic carboxylic acids is 1. The number of aromatic nitrogens is 1. The third-order valence-electron chi connectivity index (χ3n) is 4.52. The van der Waals surface area contributed by atoms with Crippen molar-refractivity contribution in [2.24, 2.45) is 0 Å². The minimum Gasteiger partial charge on any atom is -0.478 e. The van der Waals surface area contributed by atoms with Crippen LogP contribution in [0, 0.1) is 22.1 Å². The Morgan fingerprint density at radius 1 is 1.10 bits per heavy atom. The lowest BCUT2D eigenvalue weighted by Gasteiger charge is -2.16. The maximum absolute atomic E-state index is 14.8. The number of pyridine rings is 1. The van der Waals surface area contributed by atoms with E-state index in [0.29, 0.717) is 17.8 Å². The summed E-state index contributed by atoms with van der Waals surface area (Å²) in [4.78, 5) is 28.2. The zero-order valence-electron chi connectivity index (χ0n) is 16.4. The van der Waals surface area contributed by atoms with Crippen LogP contribution >= 0.6 is 22.6 Å². The van der Waals surface area contributed by atoms with E-state index in [0.717, 1.165) is 15.2 Å². The molecule has 3 aromatic rings. The lowest BCUT2D eigenvalue weighted by molar-refractivity contribution is 0.0697. The van der Waals surface area contributed by atoms with Crippen molar-refractivity contribution >= 4 is 45.8 Å². The van der Waals surface area contributed by atoms with Gasteiger partial charge in [0, 0.05) is 34.1 Å². The highest BCUT2D eigenvalue weighted by molar-refractivity contribution is 14.1. The summed E-state index contributed by atoms with van der Waals surface area (Å²) in [6, 6.07) is 11.3. The molecule has 1 aromatic heterocycles. The molecule has 0 fully saturated rings. The zero-order valence-corrected chi connectivity index (χ0v) is 18.5. The van der Waals surface area contributed by atoms with Gasteiger partial charge in [-0.2, -0.15) is 0 Å². The molecule has 31 heavy (non-hydrogen) atoms. The molecule has 0 aliphatic heterocycles. The summed E-state index contributed by atoms with van der Waals surface area (Å²) in [5, 5.41) is 14.6. The Kier molecular flexibility index (Phi) is 7.16. The Labute approximate surface area is 190 Å². The predicted octanol–water partition coefficient (Wildman–Crippen LogP) is 4.69. The highest BCUT2D eigenvalue weighted by atomic mass is 127. The molecule has 0 unspecified atom stereocenters. The fourth-order valence-corrected chi connectivity index (χ4v) is 3.58. The smallest absolute Gasteiger partial charge is 0.337 e.